The molecule has 0 bridgehead atoms. The molecule has 25 heavy (non-hydrogen) atoms. The van der Waals surface area contributed by atoms with Gasteiger partial charge in [0.2, 0.25) is 5.82 Å². The van der Waals surface area contributed by atoms with Crippen LogP contribution in [0.25, 0.3) is 11.4 Å². The summed E-state index contributed by atoms with van der Waals surface area (Å²) >= 11 is 0. The van der Waals surface area contributed by atoms with Gasteiger partial charge in [-0.1, -0.05) is 29.4 Å². The first-order valence-electron chi connectivity index (χ1n) is 6.97. The zero-order valence-corrected chi connectivity index (χ0v) is 12.5. The molecule has 0 saturated heterocycles. The van der Waals surface area contributed by atoms with Gasteiger partial charge >= 0.3 is 12.1 Å². The molecule has 126 valence electrons. The van der Waals surface area contributed by atoms with Gasteiger partial charge in [0.25, 0.3) is 5.56 Å². The molecular formula is C16H9F3N4O2. The highest BCUT2D eigenvalue weighted by Crippen LogP contribution is 2.29. The number of nitriles is 1. The zero-order chi connectivity index (χ0) is 18.0. The fourth-order valence-corrected chi connectivity index (χ4v) is 2.13. The summed E-state index contributed by atoms with van der Waals surface area (Å²) in [6.45, 7) is 0.217. The number of hydrogen-bond acceptors (Lipinski definition) is 5. The van der Waals surface area contributed by atoms with Crippen LogP contribution in [0.15, 0.2) is 51.9 Å². The van der Waals surface area contributed by atoms with Crippen molar-refractivity contribution in [1.82, 2.24) is 14.7 Å². The van der Waals surface area contributed by atoms with Crippen molar-refractivity contribution < 1.29 is 17.7 Å². The van der Waals surface area contributed by atoms with Gasteiger partial charge in [0.05, 0.1) is 12.1 Å². The van der Waals surface area contributed by atoms with Crippen molar-refractivity contribution in [3.63, 3.8) is 0 Å². The minimum atomic E-state index is -4.70. The van der Waals surface area contributed by atoms with Gasteiger partial charge in [-0.15, -0.1) is 0 Å². The first kappa shape index (κ1) is 16.4. The maximum absolute atomic E-state index is 12.5. The third-order valence-corrected chi connectivity index (χ3v) is 3.35. The molecule has 0 spiro atoms. The second-order valence-electron chi connectivity index (χ2n) is 5.11. The number of alkyl halides is 3. The number of nitrogens with zero attached hydrogens (tertiary/aromatic N) is 4. The van der Waals surface area contributed by atoms with Crippen LogP contribution in [0, 0.1) is 11.3 Å². The van der Waals surface area contributed by atoms with Gasteiger partial charge in [-0.25, -0.2) is 0 Å². The van der Waals surface area contributed by atoms with Crippen molar-refractivity contribution in [3.8, 4) is 17.5 Å². The normalized spacial score (nSPS) is 11.3. The predicted molar refractivity (Wildman–Crippen MR) is 79.3 cm³/mol. The minimum absolute atomic E-state index is 0.178. The highest BCUT2D eigenvalue weighted by atomic mass is 19.4. The van der Waals surface area contributed by atoms with Crippen LogP contribution < -0.4 is 5.56 Å². The van der Waals surface area contributed by atoms with E-state index in [9.17, 15) is 18.0 Å². The number of pyridine rings is 1. The Morgan fingerprint density at radius 3 is 2.48 bits per heavy atom. The Bertz CT molecular complexity index is 998. The van der Waals surface area contributed by atoms with E-state index in [1.54, 1.807) is 12.1 Å². The van der Waals surface area contributed by atoms with Crippen molar-refractivity contribution in [2.24, 2.45) is 0 Å². The molecule has 1 aromatic carbocycles. The minimum Gasteiger partial charge on any atom is -0.329 e. The van der Waals surface area contributed by atoms with E-state index in [1.807, 2.05) is 6.07 Å². The van der Waals surface area contributed by atoms with Gasteiger partial charge in [0.1, 0.15) is 6.07 Å². The van der Waals surface area contributed by atoms with E-state index in [0.717, 1.165) is 5.56 Å². The Morgan fingerprint density at radius 1 is 1.16 bits per heavy atom. The molecule has 0 amide bonds. The molecule has 6 nitrogen and oxygen atoms in total. The first-order chi connectivity index (χ1) is 11.9. The molecule has 0 aliphatic heterocycles. The summed E-state index contributed by atoms with van der Waals surface area (Å²) in [5.74, 6) is -1.59. The molecule has 0 aliphatic carbocycles. The molecule has 0 atom stereocenters. The highest BCUT2D eigenvalue weighted by Gasteiger charge is 2.38. The van der Waals surface area contributed by atoms with E-state index >= 15 is 0 Å². The van der Waals surface area contributed by atoms with Crippen molar-refractivity contribution in [2.75, 3.05) is 0 Å². The molecule has 0 unspecified atom stereocenters. The Hall–Kier alpha value is -3.41. The van der Waals surface area contributed by atoms with Crippen LogP contribution in [0.4, 0.5) is 13.2 Å². The maximum atomic E-state index is 12.5. The Morgan fingerprint density at radius 2 is 1.88 bits per heavy atom. The van der Waals surface area contributed by atoms with E-state index in [4.69, 9.17) is 5.26 Å². The van der Waals surface area contributed by atoms with Gasteiger partial charge in [0, 0.05) is 17.8 Å². The average molecular weight is 346 g/mol. The van der Waals surface area contributed by atoms with Gasteiger partial charge in [-0.3, -0.25) is 4.79 Å². The van der Waals surface area contributed by atoms with Crippen LogP contribution in [0.5, 0.6) is 0 Å². The standard InChI is InChI=1S/C16H9F3N4O2/c17-16(18,19)15-21-14(22-25-15)12-4-1-10(2-5-12)8-23-9-11(7-20)3-6-13(23)24/h1-6,9H,8H2. The lowest BCUT2D eigenvalue weighted by atomic mass is 10.1. The Balaban J connectivity index is 1.83. The van der Waals surface area contributed by atoms with Gasteiger partial charge in [-0.05, 0) is 11.6 Å². The largest absolute Gasteiger partial charge is 0.471 e. The number of benzene rings is 1. The van der Waals surface area contributed by atoms with Crippen molar-refractivity contribution in [1.29, 1.82) is 5.26 Å². The van der Waals surface area contributed by atoms with E-state index in [1.165, 1.54) is 35.0 Å². The fraction of sp³-hybridized carbons (Fsp3) is 0.125. The van der Waals surface area contributed by atoms with E-state index in [-0.39, 0.29) is 17.9 Å². The van der Waals surface area contributed by atoms with Crippen molar-refractivity contribution in [3.05, 3.63) is 70.0 Å². The zero-order valence-electron chi connectivity index (χ0n) is 12.5. The molecule has 0 radical (unpaired) electrons. The molecule has 3 aromatic rings. The van der Waals surface area contributed by atoms with Gasteiger partial charge in [0.15, 0.2) is 0 Å². The van der Waals surface area contributed by atoms with Crippen LogP contribution in [-0.4, -0.2) is 14.7 Å². The number of rotatable bonds is 3. The monoisotopic (exact) mass is 346 g/mol. The molecular weight excluding hydrogens is 337 g/mol. The molecule has 9 heteroatoms. The molecule has 0 saturated carbocycles. The summed E-state index contributed by atoms with van der Waals surface area (Å²) in [6.07, 6.45) is -3.26. The highest BCUT2D eigenvalue weighted by molar-refractivity contribution is 5.54. The third kappa shape index (κ3) is 3.58. The van der Waals surface area contributed by atoms with Gasteiger partial charge < -0.3 is 9.09 Å². The van der Waals surface area contributed by atoms with E-state index in [0.29, 0.717) is 11.1 Å². The fourth-order valence-electron chi connectivity index (χ4n) is 2.13. The molecule has 0 fully saturated rings. The van der Waals surface area contributed by atoms with E-state index < -0.39 is 12.1 Å². The summed E-state index contributed by atoms with van der Waals surface area (Å²) in [6, 6.07) is 11.0. The number of hydrogen-bond donors (Lipinski definition) is 0. The molecule has 2 heterocycles. The van der Waals surface area contributed by atoms with Gasteiger partial charge in [-0.2, -0.15) is 23.4 Å². The summed E-state index contributed by atoms with van der Waals surface area (Å²) in [4.78, 5) is 15.1. The average Bonchev–Trinajstić information content (AvgIpc) is 3.08. The number of aromatic nitrogens is 3. The summed E-state index contributed by atoms with van der Waals surface area (Å²) in [5.41, 5.74) is 1.15. The van der Waals surface area contributed by atoms with Crippen molar-refractivity contribution >= 4 is 0 Å². The predicted octanol–water partition coefficient (Wildman–Crippen LogP) is 2.84. The van der Waals surface area contributed by atoms with Crippen LogP contribution in [0.2, 0.25) is 0 Å². The first-order valence-corrected chi connectivity index (χ1v) is 6.97. The second kappa shape index (κ2) is 6.24. The molecule has 0 aliphatic rings. The molecule has 0 N–H and O–H groups in total. The van der Waals surface area contributed by atoms with Crippen LogP contribution in [-0.2, 0) is 12.7 Å². The topological polar surface area (TPSA) is 84.7 Å². The second-order valence-corrected chi connectivity index (χ2v) is 5.11. The van der Waals surface area contributed by atoms with Crippen LogP contribution in [0.3, 0.4) is 0 Å². The maximum Gasteiger partial charge on any atom is 0.471 e. The van der Waals surface area contributed by atoms with Crippen LogP contribution >= 0.6 is 0 Å². The van der Waals surface area contributed by atoms with E-state index in [2.05, 4.69) is 14.7 Å². The van der Waals surface area contributed by atoms with Crippen molar-refractivity contribution in [2.45, 2.75) is 12.7 Å². The summed E-state index contributed by atoms with van der Waals surface area (Å²) in [7, 11) is 0. The summed E-state index contributed by atoms with van der Waals surface area (Å²) < 4.78 is 43.0. The third-order valence-electron chi connectivity index (χ3n) is 3.35. The molecule has 2 aromatic heterocycles. The lowest BCUT2D eigenvalue weighted by molar-refractivity contribution is -0.159. The molecule has 3 rings (SSSR count). The lowest BCUT2D eigenvalue weighted by Crippen LogP contribution is -2.19. The number of halogens is 3. The quantitative estimate of drug-likeness (QED) is 0.728. The Labute approximate surface area is 138 Å². The lowest BCUT2D eigenvalue weighted by Gasteiger charge is -2.06. The smallest absolute Gasteiger partial charge is 0.329 e. The Kier molecular flexibility index (Phi) is 4.10. The SMILES string of the molecule is N#Cc1ccc(=O)n(Cc2ccc(-c3noc(C(F)(F)F)n3)cc2)c1. The van der Waals surface area contributed by atoms with Crippen LogP contribution in [0.1, 0.15) is 17.0 Å². The summed E-state index contributed by atoms with van der Waals surface area (Å²) in [5, 5.41) is 12.2.